The third-order valence-corrected chi connectivity index (χ3v) is 4.84. The van der Waals surface area contributed by atoms with Crippen LogP contribution in [-0.2, 0) is 16.0 Å². The van der Waals surface area contributed by atoms with Crippen molar-refractivity contribution in [2.75, 3.05) is 44.3 Å². The van der Waals surface area contributed by atoms with E-state index in [2.05, 4.69) is 22.3 Å². The summed E-state index contributed by atoms with van der Waals surface area (Å²) in [4.78, 5) is 27.6. The number of hydrogen-bond acceptors (Lipinski definition) is 4. The van der Waals surface area contributed by atoms with Gasteiger partial charge in [0, 0.05) is 44.3 Å². The molecule has 2 aliphatic heterocycles. The highest BCUT2D eigenvalue weighted by Crippen LogP contribution is 2.23. The second-order valence-corrected chi connectivity index (χ2v) is 6.56. The van der Waals surface area contributed by atoms with Gasteiger partial charge in [0.2, 0.25) is 5.91 Å². The average Bonchev–Trinajstić information content (AvgIpc) is 3.08. The number of amides is 3. The highest BCUT2D eigenvalue weighted by atomic mass is 16.5. The Labute approximate surface area is 148 Å². The summed E-state index contributed by atoms with van der Waals surface area (Å²) in [6.07, 6.45) is 1.96. The first kappa shape index (κ1) is 17.5. The summed E-state index contributed by atoms with van der Waals surface area (Å²) in [6, 6.07) is 7.72. The third kappa shape index (κ3) is 4.63. The summed E-state index contributed by atoms with van der Waals surface area (Å²) < 4.78 is 5.42. The van der Waals surface area contributed by atoms with Gasteiger partial charge in [0.15, 0.2) is 0 Å². The van der Waals surface area contributed by atoms with E-state index >= 15 is 0 Å². The van der Waals surface area contributed by atoms with Gasteiger partial charge in [-0.1, -0.05) is 18.2 Å². The van der Waals surface area contributed by atoms with Gasteiger partial charge in [-0.05, 0) is 24.5 Å². The van der Waals surface area contributed by atoms with Crippen molar-refractivity contribution in [2.45, 2.75) is 25.3 Å². The van der Waals surface area contributed by atoms with Crippen LogP contribution in [0.1, 0.15) is 18.4 Å². The zero-order valence-corrected chi connectivity index (χ0v) is 14.4. The Balaban J connectivity index is 1.55. The number of benzene rings is 1. The second-order valence-electron chi connectivity index (χ2n) is 6.56. The third-order valence-electron chi connectivity index (χ3n) is 4.84. The molecule has 0 bridgehead atoms. The van der Waals surface area contributed by atoms with Gasteiger partial charge in [0.25, 0.3) is 0 Å². The molecule has 1 aromatic rings. The fourth-order valence-corrected chi connectivity index (χ4v) is 3.54. The molecular formula is C18H26N4O3. The lowest BCUT2D eigenvalue weighted by Crippen LogP contribution is -2.41. The summed E-state index contributed by atoms with van der Waals surface area (Å²) in [5.41, 5.74) is 7.55. The lowest BCUT2D eigenvalue weighted by Gasteiger charge is -2.30. The molecule has 0 aromatic heterocycles. The van der Waals surface area contributed by atoms with Crippen LogP contribution in [0.25, 0.3) is 0 Å². The van der Waals surface area contributed by atoms with E-state index in [-0.39, 0.29) is 11.9 Å². The number of carbonyl (C=O) groups is 2. The minimum Gasteiger partial charge on any atom is -0.378 e. The van der Waals surface area contributed by atoms with E-state index in [0.29, 0.717) is 19.5 Å². The largest absolute Gasteiger partial charge is 0.378 e. The van der Waals surface area contributed by atoms with Gasteiger partial charge in [-0.2, -0.15) is 0 Å². The summed E-state index contributed by atoms with van der Waals surface area (Å²) in [5.74, 6) is 0.130. The maximum Gasteiger partial charge on any atom is 0.312 e. The van der Waals surface area contributed by atoms with Crippen molar-refractivity contribution in [2.24, 2.45) is 5.73 Å². The van der Waals surface area contributed by atoms with Crippen molar-refractivity contribution in [3.8, 4) is 0 Å². The number of urea groups is 1. The molecule has 0 radical (unpaired) electrons. The van der Waals surface area contributed by atoms with E-state index in [1.165, 1.54) is 11.3 Å². The van der Waals surface area contributed by atoms with Crippen LogP contribution in [0.3, 0.4) is 0 Å². The molecule has 2 saturated heterocycles. The molecule has 2 aliphatic rings. The van der Waals surface area contributed by atoms with Crippen molar-refractivity contribution in [1.82, 2.24) is 10.2 Å². The summed E-state index contributed by atoms with van der Waals surface area (Å²) >= 11 is 0. The molecule has 1 atom stereocenters. The first-order chi connectivity index (χ1) is 12.1. The summed E-state index contributed by atoms with van der Waals surface area (Å²) in [7, 11) is 0. The Morgan fingerprint density at radius 1 is 1.20 bits per heavy atom. The molecule has 2 heterocycles. The number of morpholine rings is 1. The van der Waals surface area contributed by atoms with E-state index in [4.69, 9.17) is 10.5 Å². The predicted molar refractivity (Wildman–Crippen MR) is 95.5 cm³/mol. The van der Waals surface area contributed by atoms with Gasteiger partial charge in [-0.3, -0.25) is 4.79 Å². The zero-order chi connectivity index (χ0) is 17.6. The maximum absolute atomic E-state index is 12.5. The minimum atomic E-state index is -0.529. The Kier molecular flexibility index (Phi) is 5.75. The van der Waals surface area contributed by atoms with Crippen molar-refractivity contribution in [3.63, 3.8) is 0 Å². The van der Waals surface area contributed by atoms with E-state index in [9.17, 15) is 9.59 Å². The number of nitrogens with two attached hydrogens (primary N) is 1. The highest BCUT2D eigenvalue weighted by molar-refractivity contribution is 5.77. The van der Waals surface area contributed by atoms with Gasteiger partial charge in [0.05, 0.1) is 13.2 Å². The first-order valence-electron chi connectivity index (χ1n) is 8.88. The first-order valence-corrected chi connectivity index (χ1v) is 8.88. The normalized spacial score (nSPS) is 20.6. The zero-order valence-electron chi connectivity index (χ0n) is 14.4. The molecule has 7 nitrogen and oxygen atoms in total. The molecule has 136 valence electrons. The SMILES string of the molecule is NC(=O)N[C@H]1CCN(C(=O)CCc2ccccc2N2CCOCC2)C1. The number of hydrogen-bond donors (Lipinski definition) is 2. The van der Waals surface area contributed by atoms with Gasteiger partial charge in [-0.25, -0.2) is 4.79 Å². The number of rotatable bonds is 5. The number of nitrogens with one attached hydrogen (secondary N) is 1. The number of para-hydroxylation sites is 1. The summed E-state index contributed by atoms with van der Waals surface area (Å²) in [5, 5.41) is 2.68. The molecule has 0 saturated carbocycles. The van der Waals surface area contributed by atoms with E-state index in [0.717, 1.165) is 39.1 Å². The van der Waals surface area contributed by atoms with E-state index in [1.807, 2.05) is 17.0 Å². The van der Waals surface area contributed by atoms with Gasteiger partial charge in [-0.15, -0.1) is 0 Å². The van der Waals surface area contributed by atoms with Crippen LogP contribution in [0.5, 0.6) is 0 Å². The monoisotopic (exact) mass is 346 g/mol. The number of nitrogens with zero attached hydrogens (tertiary/aromatic N) is 2. The average molecular weight is 346 g/mol. The molecule has 0 spiro atoms. The van der Waals surface area contributed by atoms with E-state index in [1.54, 1.807) is 0 Å². The predicted octanol–water partition coefficient (Wildman–Crippen LogP) is 0.725. The standard InChI is InChI=1S/C18H26N4O3/c19-18(24)20-15-7-8-22(13-15)17(23)6-5-14-3-1-2-4-16(14)21-9-11-25-12-10-21/h1-4,15H,5-13H2,(H3,19,20,24)/t15-/m0/s1. The number of anilines is 1. The van der Waals surface area contributed by atoms with Crippen molar-refractivity contribution < 1.29 is 14.3 Å². The molecule has 7 heteroatoms. The van der Waals surface area contributed by atoms with Crippen LogP contribution in [0.4, 0.5) is 10.5 Å². The van der Waals surface area contributed by atoms with Crippen LogP contribution >= 0.6 is 0 Å². The molecule has 2 fully saturated rings. The number of likely N-dealkylation sites (tertiary alicyclic amines) is 1. The Morgan fingerprint density at radius 3 is 2.72 bits per heavy atom. The lowest BCUT2D eigenvalue weighted by molar-refractivity contribution is -0.130. The van der Waals surface area contributed by atoms with Crippen LogP contribution in [0.15, 0.2) is 24.3 Å². The number of ether oxygens (including phenoxy) is 1. The molecule has 3 N–H and O–H groups in total. The smallest absolute Gasteiger partial charge is 0.312 e. The van der Waals surface area contributed by atoms with Gasteiger partial charge >= 0.3 is 6.03 Å². The lowest BCUT2D eigenvalue weighted by atomic mass is 10.1. The molecule has 1 aromatic carbocycles. The van der Waals surface area contributed by atoms with E-state index < -0.39 is 6.03 Å². The summed E-state index contributed by atoms with van der Waals surface area (Å²) in [6.45, 7) is 4.49. The van der Waals surface area contributed by atoms with Crippen LogP contribution in [0.2, 0.25) is 0 Å². The van der Waals surface area contributed by atoms with Crippen molar-refractivity contribution in [3.05, 3.63) is 29.8 Å². The molecular weight excluding hydrogens is 320 g/mol. The highest BCUT2D eigenvalue weighted by Gasteiger charge is 2.26. The van der Waals surface area contributed by atoms with Gasteiger partial charge < -0.3 is 25.6 Å². The van der Waals surface area contributed by atoms with Gasteiger partial charge in [0.1, 0.15) is 0 Å². The quantitative estimate of drug-likeness (QED) is 0.822. The van der Waals surface area contributed by atoms with Crippen LogP contribution in [0, 0.1) is 0 Å². The second kappa shape index (κ2) is 8.20. The van der Waals surface area contributed by atoms with Crippen molar-refractivity contribution in [1.29, 1.82) is 0 Å². The fraction of sp³-hybridized carbons (Fsp3) is 0.556. The van der Waals surface area contributed by atoms with Crippen LogP contribution in [-0.4, -0.2) is 62.3 Å². The number of aryl methyl sites for hydroxylation is 1. The molecule has 0 unspecified atom stereocenters. The molecule has 3 rings (SSSR count). The topological polar surface area (TPSA) is 87.9 Å². The maximum atomic E-state index is 12.5. The minimum absolute atomic E-state index is 0.0258. The molecule has 3 amide bonds. The number of carbonyl (C=O) groups excluding carboxylic acids is 2. The fourth-order valence-electron chi connectivity index (χ4n) is 3.54. The van der Waals surface area contributed by atoms with Crippen LogP contribution < -0.4 is 16.0 Å². The Hall–Kier alpha value is -2.28. The molecule has 0 aliphatic carbocycles. The van der Waals surface area contributed by atoms with Crippen molar-refractivity contribution >= 4 is 17.6 Å². The number of primary amides is 1. The Bertz CT molecular complexity index is 616. The Morgan fingerprint density at radius 2 is 1.96 bits per heavy atom. The molecule has 25 heavy (non-hydrogen) atoms.